The predicted molar refractivity (Wildman–Crippen MR) is 205 cm³/mol. The van der Waals surface area contributed by atoms with Crippen LogP contribution in [0.1, 0.15) is 45.9 Å². The van der Waals surface area contributed by atoms with Crippen molar-refractivity contribution < 1.29 is 4.74 Å². The van der Waals surface area contributed by atoms with Gasteiger partial charge in [-0.1, -0.05) is 164 Å². The highest BCUT2D eigenvalue weighted by atomic mass is 16.5. The van der Waals surface area contributed by atoms with Crippen molar-refractivity contribution in [2.24, 2.45) is 0 Å². The molecule has 50 heavy (non-hydrogen) atoms. The third-order valence-electron chi connectivity index (χ3n) is 11.3. The summed E-state index contributed by atoms with van der Waals surface area (Å²) in [5.41, 5.74) is 12.9. The van der Waals surface area contributed by atoms with Gasteiger partial charge in [0, 0.05) is 16.5 Å². The van der Waals surface area contributed by atoms with E-state index >= 15 is 0 Å². The Bertz CT molecular complexity index is 2530. The Balaban J connectivity index is 1.24. The molecule has 1 atom stereocenters. The van der Waals surface area contributed by atoms with E-state index in [1.54, 1.807) is 0 Å². The minimum absolute atomic E-state index is 0.384. The lowest BCUT2D eigenvalue weighted by Crippen LogP contribution is -2.29. The maximum Gasteiger partial charge on any atom is 0.131 e. The van der Waals surface area contributed by atoms with Gasteiger partial charge in [-0.2, -0.15) is 0 Å². The van der Waals surface area contributed by atoms with Crippen molar-refractivity contribution in [3.05, 3.63) is 227 Å². The quantitative estimate of drug-likeness (QED) is 0.186. The lowest BCUT2D eigenvalue weighted by molar-refractivity contribution is 0.427. The van der Waals surface area contributed by atoms with Crippen LogP contribution in [0.5, 0.6) is 11.5 Å². The van der Waals surface area contributed by atoms with Crippen LogP contribution in [-0.2, 0) is 10.8 Å². The third kappa shape index (κ3) is 3.95. The molecule has 0 amide bonds. The predicted octanol–water partition coefficient (Wildman–Crippen LogP) is 12.3. The van der Waals surface area contributed by atoms with E-state index in [-0.39, 0.29) is 5.41 Å². The van der Waals surface area contributed by atoms with Crippen LogP contribution < -0.4 is 4.74 Å². The molecule has 8 aromatic carbocycles. The zero-order chi connectivity index (χ0) is 33.3. The largest absolute Gasteiger partial charge is 0.457 e. The number of fused-ring (bicyclic) bond motifs is 7. The fraction of sp³-hybridized carbons (Fsp3) is 0.0612. The molecule has 1 heterocycles. The Morgan fingerprint density at radius 2 is 0.940 bits per heavy atom. The summed E-state index contributed by atoms with van der Waals surface area (Å²) in [6.45, 7) is 2.34. The first-order valence-electron chi connectivity index (χ1n) is 17.4. The van der Waals surface area contributed by atoms with Gasteiger partial charge in [0.25, 0.3) is 0 Å². The molecule has 236 valence electrons. The molecule has 1 aliphatic heterocycles. The van der Waals surface area contributed by atoms with Gasteiger partial charge in [-0.3, -0.25) is 0 Å². The average Bonchev–Trinajstić information content (AvgIpc) is 3.50. The van der Waals surface area contributed by atoms with Crippen LogP contribution in [0.3, 0.4) is 0 Å². The fourth-order valence-corrected chi connectivity index (χ4v) is 8.95. The van der Waals surface area contributed by atoms with E-state index in [2.05, 4.69) is 195 Å². The number of rotatable bonds is 4. The molecule has 0 spiro atoms. The number of para-hydroxylation sites is 1. The molecular weight excluding hydrogens is 605 g/mol. The third-order valence-corrected chi connectivity index (χ3v) is 11.3. The standard InChI is InChI=1S/C49H34O/c1-48(36-16-5-2-6-17-36)42-23-13-14-24-45(42)50-46-30-27-35(32-44(46)48)34-26-28-40-41-29-25-33-15-11-12-22-39(33)47(41)49(43(40)31-34,37-18-7-3-8-19-37)38-20-9-4-10-21-38/h2-32H,1H3. The van der Waals surface area contributed by atoms with Crippen molar-refractivity contribution >= 4 is 10.8 Å². The maximum atomic E-state index is 6.59. The second-order valence-electron chi connectivity index (χ2n) is 13.8. The smallest absolute Gasteiger partial charge is 0.131 e. The summed E-state index contributed by atoms with van der Waals surface area (Å²) < 4.78 is 6.59. The van der Waals surface area contributed by atoms with Crippen LogP contribution in [-0.4, -0.2) is 0 Å². The van der Waals surface area contributed by atoms with Crippen LogP contribution in [0.15, 0.2) is 188 Å². The molecule has 0 saturated heterocycles. The fourth-order valence-electron chi connectivity index (χ4n) is 8.95. The van der Waals surface area contributed by atoms with Gasteiger partial charge in [-0.25, -0.2) is 0 Å². The molecule has 1 heteroatoms. The normalized spacial score (nSPS) is 16.5. The highest BCUT2D eigenvalue weighted by Crippen LogP contribution is 2.59. The van der Waals surface area contributed by atoms with E-state index in [1.165, 1.54) is 72.0 Å². The van der Waals surface area contributed by atoms with Crippen molar-refractivity contribution in [1.82, 2.24) is 0 Å². The topological polar surface area (TPSA) is 9.23 Å². The van der Waals surface area contributed by atoms with E-state index < -0.39 is 5.41 Å². The molecule has 8 aromatic rings. The molecule has 0 radical (unpaired) electrons. The molecule has 0 bridgehead atoms. The van der Waals surface area contributed by atoms with Crippen LogP contribution >= 0.6 is 0 Å². The van der Waals surface area contributed by atoms with Gasteiger partial charge in [0.15, 0.2) is 0 Å². The first-order chi connectivity index (χ1) is 24.7. The Kier molecular flexibility index (Phi) is 6.29. The molecule has 1 aliphatic carbocycles. The molecule has 0 saturated carbocycles. The van der Waals surface area contributed by atoms with Crippen LogP contribution in [0.25, 0.3) is 33.0 Å². The summed E-state index contributed by atoms with van der Waals surface area (Å²) in [5.74, 6) is 1.82. The van der Waals surface area contributed by atoms with Crippen molar-refractivity contribution in [3.8, 4) is 33.8 Å². The van der Waals surface area contributed by atoms with E-state index in [1.807, 2.05) is 0 Å². The van der Waals surface area contributed by atoms with Crippen molar-refractivity contribution in [3.63, 3.8) is 0 Å². The first-order valence-corrected chi connectivity index (χ1v) is 17.4. The van der Waals surface area contributed by atoms with Crippen molar-refractivity contribution in [2.75, 3.05) is 0 Å². The minimum atomic E-state index is -0.501. The number of ether oxygens (including phenoxy) is 1. The molecule has 0 N–H and O–H groups in total. The molecule has 0 fully saturated rings. The lowest BCUT2D eigenvalue weighted by Gasteiger charge is -2.38. The van der Waals surface area contributed by atoms with Gasteiger partial charge in [0.2, 0.25) is 0 Å². The SMILES string of the molecule is CC1(c2ccccc2)c2ccccc2Oc2ccc(-c3ccc4c(c3)C(c3ccccc3)(c3ccccc3)c3c-4ccc4ccccc34)cc21. The van der Waals surface area contributed by atoms with Crippen LogP contribution in [0, 0.1) is 0 Å². The van der Waals surface area contributed by atoms with Crippen LogP contribution in [0.4, 0.5) is 0 Å². The highest BCUT2D eigenvalue weighted by molar-refractivity contribution is 6.00. The summed E-state index contributed by atoms with van der Waals surface area (Å²) in [5, 5.41) is 2.55. The number of hydrogen-bond acceptors (Lipinski definition) is 1. The van der Waals surface area contributed by atoms with E-state index in [4.69, 9.17) is 4.74 Å². The summed E-state index contributed by atoms with van der Waals surface area (Å²) in [6.07, 6.45) is 0. The molecule has 0 aromatic heterocycles. The minimum Gasteiger partial charge on any atom is -0.457 e. The Morgan fingerprint density at radius 3 is 1.66 bits per heavy atom. The summed E-state index contributed by atoms with van der Waals surface area (Å²) in [4.78, 5) is 0. The molecule has 1 nitrogen and oxygen atoms in total. The van der Waals surface area contributed by atoms with Gasteiger partial charge >= 0.3 is 0 Å². The van der Waals surface area contributed by atoms with Gasteiger partial charge in [-0.15, -0.1) is 0 Å². The summed E-state index contributed by atoms with van der Waals surface area (Å²) >= 11 is 0. The lowest BCUT2D eigenvalue weighted by atomic mass is 9.66. The second kappa shape index (κ2) is 10.9. The number of hydrogen-bond donors (Lipinski definition) is 0. The highest BCUT2D eigenvalue weighted by Gasteiger charge is 2.47. The van der Waals surface area contributed by atoms with Gasteiger partial charge in [0.1, 0.15) is 11.5 Å². The molecule has 10 rings (SSSR count). The Hall–Kier alpha value is -6.18. The van der Waals surface area contributed by atoms with Gasteiger partial charge < -0.3 is 4.74 Å². The van der Waals surface area contributed by atoms with E-state index in [0.29, 0.717) is 0 Å². The molecule has 2 aliphatic rings. The zero-order valence-electron chi connectivity index (χ0n) is 27.8. The van der Waals surface area contributed by atoms with Gasteiger partial charge in [-0.05, 0) is 92.0 Å². The number of benzene rings is 8. The summed E-state index contributed by atoms with van der Waals surface area (Å²) in [6, 6.07) is 68.8. The first kappa shape index (κ1) is 28.8. The van der Waals surface area contributed by atoms with Crippen molar-refractivity contribution in [1.29, 1.82) is 0 Å². The second-order valence-corrected chi connectivity index (χ2v) is 13.8. The molecular formula is C49H34O. The summed E-state index contributed by atoms with van der Waals surface area (Å²) in [7, 11) is 0. The van der Waals surface area contributed by atoms with Crippen LogP contribution in [0.2, 0.25) is 0 Å². The van der Waals surface area contributed by atoms with E-state index in [0.717, 1.165) is 11.5 Å². The monoisotopic (exact) mass is 638 g/mol. The maximum absolute atomic E-state index is 6.59. The zero-order valence-corrected chi connectivity index (χ0v) is 27.8. The average molecular weight is 639 g/mol. The Morgan fingerprint density at radius 1 is 0.400 bits per heavy atom. The van der Waals surface area contributed by atoms with Gasteiger partial charge in [0.05, 0.1) is 5.41 Å². The molecule has 1 unspecified atom stereocenters. The Labute approximate surface area is 293 Å². The van der Waals surface area contributed by atoms with E-state index in [9.17, 15) is 0 Å². The van der Waals surface area contributed by atoms with Crippen molar-refractivity contribution in [2.45, 2.75) is 17.8 Å².